The lowest BCUT2D eigenvalue weighted by atomic mass is 10.3. The normalized spacial score (nSPS) is 12.2. The van der Waals surface area contributed by atoms with Gasteiger partial charge in [0, 0.05) is 11.8 Å². The molecule has 1 aliphatic heterocycles. The lowest BCUT2D eigenvalue weighted by molar-refractivity contribution is 0.174. The topological polar surface area (TPSA) is 94.3 Å². The van der Waals surface area contributed by atoms with Gasteiger partial charge in [-0.1, -0.05) is 0 Å². The predicted molar refractivity (Wildman–Crippen MR) is 81.7 cm³/mol. The van der Waals surface area contributed by atoms with Crippen molar-refractivity contribution in [1.82, 2.24) is 15.2 Å². The quantitative estimate of drug-likeness (QED) is 0.742. The smallest absolute Gasteiger partial charge is 0.249 e. The standard InChI is InChI=1S/C15H13N5O3/c1-2-11(21-5-1)7-16-14-8-17-20-15(19-14)18-10-3-4-12-13(6-10)23-9-22-12/h1-6,8H,7,9H2,(H2,16,18,19,20). The molecule has 2 aromatic heterocycles. The molecule has 0 amide bonds. The van der Waals surface area contributed by atoms with Crippen LogP contribution >= 0.6 is 0 Å². The van der Waals surface area contributed by atoms with E-state index in [0.717, 1.165) is 17.2 Å². The van der Waals surface area contributed by atoms with Gasteiger partial charge in [-0.25, -0.2) is 0 Å². The van der Waals surface area contributed by atoms with E-state index in [1.54, 1.807) is 12.5 Å². The Morgan fingerprint density at radius 1 is 1.13 bits per heavy atom. The Bertz CT molecular complexity index is 807. The second-order valence-electron chi connectivity index (χ2n) is 4.79. The molecule has 0 saturated heterocycles. The average Bonchev–Trinajstić information content (AvgIpc) is 3.24. The number of hydrogen-bond donors (Lipinski definition) is 2. The molecule has 2 N–H and O–H groups in total. The molecule has 0 unspecified atom stereocenters. The first-order valence-corrected chi connectivity index (χ1v) is 6.99. The first kappa shape index (κ1) is 13.4. The summed E-state index contributed by atoms with van der Waals surface area (Å²) < 4.78 is 15.9. The monoisotopic (exact) mass is 311 g/mol. The second-order valence-corrected chi connectivity index (χ2v) is 4.79. The molecule has 8 heteroatoms. The van der Waals surface area contributed by atoms with Gasteiger partial charge in [0.25, 0.3) is 0 Å². The van der Waals surface area contributed by atoms with Crippen molar-refractivity contribution in [3.63, 3.8) is 0 Å². The predicted octanol–water partition coefficient (Wildman–Crippen LogP) is 2.55. The lowest BCUT2D eigenvalue weighted by Gasteiger charge is -2.07. The van der Waals surface area contributed by atoms with Crippen molar-refractivity contribution in [3.05, 3.63) is 48.6 Å². The molecule has 1 aromatic carbocycles. The molecule has 0 spiro atoms. The largest absolute Gasteiger partial charge is 0.467 e. The van der Waals surface area contributed by atoms with Gasteiger partial charge in [-0.2, -0.15) is 10.1 Å². The molecular weight excluding hydrogens is 298 g/mol. The zero-order valence-electron chi connectivity index (χ0n) is 12.0. The molecule has 0 atom stereocenters. The van der Waals surface area contributed by atoms with E-state index in [0.29, 0.717) is 24.1 Å². The molecule has 0 radical (unpaired) electrons. The van der Waals surface area contributed by atoms with E-state index in [1.807, 2.05) is 30.3 Å². The highest BCUT2D eigenvalue weighted by Crippen LogP contribution is 2.34. The summed E-state index contributed by atoms with van der Waals surface area (Å²) in [5.74, 6) is 3.21. The van der Waals surface area contributed by atoms with E-state index in [2.05, 4.69) is 25.8 Å². The van der Waals surface area contributed by atoms with Crippen LogP contribution in [0.25, 0.3) is 0 Å². The lowest BCUT2D eigenvalue weighted by Crippen LogP contribution is -2.05. The van der Waals surface area contributed by atoms with E-state index in [1.165, 1.54) is 0 Å². The highest BCUT2D eigenvalue weighted by Gasteiger charge is 2.13. The van der Waals surface area contributed by atoms with E-state index in [-0.39, 0.29) is 6.79 Å². The van der Waals surface area contributed by atoms with Gasteiger partial charge in [-0.3, -0.25) is 0 Å². The summed E-state index contributed by atoms with van der Waals surface area (Å²) in [7, 11) is 0. The SMILES string of the molecule is c1coc(CNc2cnnc(Nc3ccc4c(c3)OCO4)n2)c1. The number of benzene rings is 1. The number of rotatable bonds is 5. The summed E-state index contributed by atoms with van der Waals surface area (Å²) in [6.07, 6.45) is 3.18. The second kappa shape index (κ2) is 5.84. The molecule has 3 aromatic rings. The van der Waals surface area contributed by atoms with Crippen LogP contribution in [-0.2, 0) is 6.54 Å². The Labute approximate surface area is 131 Å². The van der Waals surface area contributed by atoms with Gasteiger partial charge >= 0.3 is 0 Å². The zero-order valence-corrected chi connectivity index (χ0v) is 12.0. The molecule has 23 heavy (non-hydrogen) atoms. The van der Waals surface area contributed by atoms with Crippen molar-refractivity contribution in [2.24, 2.45) is 0 Å². The molecule has 0 aliphatic carbocycles. The number of nitrogens with one attached hydrogen (secondary N) is 2. The van der Waals surface area contributed by atoms with Crippen molar-refractivity contribution in [2.45, 2.75) is 6.54 Å². The van der Waals surface area contributed by atoms with E-state index >= 15 is 0 Å². The third-order valence-electron chi connectivity index (χ3n) is 3.21. The van der Waals surface area contributed by atoms with Crippen LogP contribution in [0.15, 0.2) is 47.2 Å². The Morgan fingerprint density at radius 2 is 2.09 bits per heavy atom. The van der Waals surface area contributed by atoms with E-state index in [4.69, 9.17) is 13.9 Å². The molecule has 0 saturated carbocycles. The number of hydrogen-bond acceptors (Lipinski definition) is 8. The summed E-state index contributed by atoms with van der Waals surface area (Å²) in [4.78, 5) is 4.35. The highest BCUT2D eigenvalue weighted by molar-refractivity contribution is 5.60. The number of furan rings is 1. The molecule has 8 nitrogen and oxygen atoms in total. The maximum atomic E-state index is 5.34. The first-order chi connectivity index (χ1) is 11.4. The van der Waals surface area contributed by atoms with Gasteiger partial charge in [0.2, 0.25) is 12.7 Å². The number of anilines is 3. The van der Waals surface area contributed by atoms with Gasteiger partial charge < -0.3 is 24.5 Å². The van der Waals surface area contributed by atoms with Gasteiger partial charge in [-0.05, 0) is 24.3 Å². The highest BCUT2D eigenvalue weighted by atomic mass is 16.7. The van der Waals surface area contributed by atoms with Crippen LogP contribution in [0.3, 0.4) is 0 Å². The van der Waals surface area contributed by atoms with Crippen molar-refractivity contribution < 1.29 is 13.9 Å². The van der Waals surface area contributed by atoms with Gasteiger partial charge in [0.1, 0.15) is 5.76 Å². The third-order valence-corrected chi connectivity index (χ3v) is 3.21. The van der Waals surface area contributed by atoms with Crippen molar-refractivity contribution >= 4 is 17.5 Å². The number of aromatic nitrogens is 3. The van der Waals surface area contributed by atoms with Gasteiger partial charge in [0.05, 0.1) is 19.0 Å². The van der Waals surface area contributed by atoms with E-state index in [9.17, 15) is 0 Å². The van der Waals surface area contributed by atoms with Crippen LogP contribution in [0.2, 0.25) is 0 Å². The Morgan fingerprint density at radius 3 is 3.00 bits per heavy atom. The fourth-order valence-electron chi connectivity index (χ4n) is 2.14. The summed E-state index contributed by atoms with van der Waals surface area (Å²) in [6, 6.07) is 9.24. The molecule has 0 bridgehead atoms. The molecule has 3 heterocycles. The number of fused-ring (bicyclic) bond motifs is 1. The maximum absolute atomic E-state index is 5.34. The summed E-state index contributed by atoms with van der Waals surface area (Å²) in [6.45, 7) is 0.762. The Balaban J connectivity index is 1.45. The molecule has 0 fully saturated rings. The van der Waals surface area contributed by atoms with Crippen LogP contribution in [0.4, 0.5) is 17.5 Å². The van der Waals surface area contributed by atoms with Crippen LogP contribution in [0.5, 0.6) is 11.5 Å². The van der Waals surface area contributed by atoms with Gasteiger partial charge in [0.15, 0.2) is 17.3 Å². The molecular formula is C15H13N5O3. The molecule has 1 aliphatic rings. The Hall–Kier alpha value is -3.29. The molecule has 116 valence electrons. The van der Waals surface area contributed by atoms with Gasteiger partial charge in [-0.15, -0.1) is 5.10 Å². The van der Waals surface area contributed by atoms with Crippen LogP contribution in [0, 0.1) is 0 Å². The third kappa shape index (κ3) is 3.00. The minimum Gasteiger partial charge on any atom is -0.467 e. The Kier molecular flexibility index (Phi) is 3.39. The van der Waals surface area contributed by atoms with Crippen molar-refractivity contribution in [1.29, 1.82) is 0 Å². The maximum Gasteiger partial charge on any atom is 0.249 e. The summed E-state index contributed by atoms with van der Waals surface area (Å²) >= 11 is 0. The van der Waals surface area contributed by atoms with Crippen LogP contribution in [0.1, 0.15) is 5.76 Å². The minimum atomic E-state index is 0.239. The fourth-order valence-corrected chi connectivity index (χ4v) is 2.14. The first-order valence-electron chi connectivity index (χ1n) is 6.99. The minimum absolute atomic E-state index is 0.239. The van der Waals surface area contributed by atoms with Crippen molar-refractivity contribution in [2.75, 3.05) is 17.4 Å². The zero-order chi connectivity index (χ0) is 15.5. The van der Waals surface area contributed by atoms with Crippen molar-refractivity contribution in [3.8, 4) is 11.5 Å². The average molecular weight is 311 g/mol. The summed E-state index contributed by atoms with van der Waals surface area (Å²) in [5, 5.41) is 14.1. The van der Waals surface area contributed by atoms with Crippen LogP contribution < -0.4 is 20.1 Å². The number of nitrogens with zero attached hydrogens (tertiary/aromatic N) is 3. The molecule has 4 rings (SSSR count). The van der Waals surface area contributed by atoms with Crippen LogP contribution in [-0.4, -0.2) is 22.0 Å². The summed E-state index contributed by atoms with van der Waals surface area (Å²) in [5.41, 5.74) is 0.791. The number of ether oxygens (including phenoxy) is 2. The van der Waals surface area contributed by atoms with E-state index < -0.39 is 0 Å². The fraction of sp³-hybridized carbons (Fsp3) is 0.133.